The second-order valence-electron chi connectivity index (χ2n) is 6.60. The van der Waals surface area contributed by atoms with Crippen molar-refractivity contribution < 1.29 is 4.79 Å². The van der Waals surface area contributed by atoms with Crippen LogP contribution in [0.4, 0.5) is 0 Å². The van der Waals surface area contributed by atoms with Gasteiger partial charge in [0.2, 0.25) is 0 Å². The molecule has 0 fully saturated rings. The molecule has 0 saturated carbocycles. The molecular weight excluding hydrogens is 360 g/mol. The predicted molar refractivity (Wildman–Crippen MR) is 116 cm³/mol. The number of para-hydroxylation sites is 1. The van der Waals surface area contributed by atoms with Gasteiger partial charge in [0, 0.05) is 23.3 Å². The van der Waals surface area contributed by atoms with Gasteiger partial charge in [0.15, 0.2) is 0 Å². The minimum atomic E-state index is -0.277. The lowest BCUT2D eigenvalue weighted by atomic mass is 10.0. The molecule has 2 aromatic heterocycles. The predicted octanol–water partition coefficient (Wildman–Crippen LogP) is 4.62. The number of fused-ring (bicyclic) bond motifs is 1. The summed E-state index contributed by atoms with van der Waals surface area (Å²) in [6.45, 7) is 2.11. The zero-order valence-electron chi connectivity index (χ0n) is 16.0. The molecule has 1 amide bonds. The Hall–Kier alpha value is -3.86. The summed E-state index contributed by atoms with van der Waals surface area (Å²) in [6, 6.07) is 21.2. The zero-order chi connectivity index (χ0) is 20.1. The second kappa shape index (κ2) is 8.44. The summed E-state index contributed by atoms with van der Waals surface area (Å²) in [5, 5.41) is 4.91. The second-order valence-corrected chi connectivity index (χ2v) is 6.60. The normalized spacial score (nSPS) is 11.1. The fraction of sp³-hybridized carbons (Fsp3) is 0.0833. The molecule has 4 rings (SSSR count). The van der Waals surface area contributed by atoms with Crippen LogP contribution in [0.2, 0.25) is 0 Å². The Bertz CT molecular complexity index is 1170. The lowest BCUT2D eigenvalue weighted by Gasteiger charge is -2.09. The van der Waals surface area contributed by atoms with E-state index in [1.807, 2.05) is 48.5 Å². The van der Waals surface area contributed by atoms with E-state index in [1.54, 1.807) is 24.7 Å². The van der Waals surface area contributed by atoms with Gasteiger partial charge in [-0.15, -0.1) is 0 Å². The third-order valence-electron chi connectivity index (χ3n) is 4.70. The van der Waals surface area contributed by atoms with Gasteiger partial charge in [-0.05, 0) is 41.8 Å². The molecular formula is C24H20N4O. The molecule has 0 spiro atoms. The monoisotopic (exact) mass is 380 g/mol. The van der Waals surface area contributed by atoms with E-state index in [1.165, 1.54) is 5.56 Å². The van der Waals surface area contributed by atoms with Crippen LogP contribution in [-0.4, -0.2) is 22.1 Å². The molecule has 2 aromatic carbocycles. The number of benzene rings is 2. The fourth-order valence-electron chi connectivity index (χ4n) is 3.10. The first-order valence-corrected chi connectivity index (χ1v) is 9.47. The van der Waals surface area contributed by atoms with Crippen molar-refractivity contribution in [2.45, 2.75) is 13.3 Å². The van der Waals surface area contributed by atoms with Crippen molar-refractivity contribution in [3.63, 3.8) is 0 Å². The van der Waals surface area contributed by atoms with Crippen LogP contribution in [-0.2, 0) is 6.42 Å². The number of pyridine rings is 2. The van der Waals surface area contributed by atoms with Gasteiger partial charge >= 0.3 is 0 Å². The lowest BCUT2D eigenvalue weighted by molar-refractivity contribution is 0.0956. The third-order valence-corrected chi connectivity index (χ3v) is 4.70. The largest absolute Gasteiger partial charge is 0.272 e. The Balaban J connectivity index is 1.63. The van der Waals surface area contributed by atoms with Gasteiger partial charge in [-0.2, -0.15) is 5.10 Å². The van der Waals surface area contributed by atoms with Crippen molar-refractivity contribution in [3.8, 4) is 11.3 Å². The molecule has 0 unspecified atom stereocenters. The Morgan fingerprint density at radius 1 is 1.03 bits per heavy atom. The molecule has 142 valence electrons. The van der Waals surface area contributed by atoms with Crippen LogP contribution in [0, 0.1) is 0 Å². The molecule has 5 nitrogen and oxygen atoms in total. The molecule has 5 heteroatoms. The van der Waals surface area contributed by atoms with E-state index in [4.69, 9.17) is 0 Å². The van der Waals surface area contributed by atoms with E-state index in [2.05, 4.69) is 39.6 Å². The number of aryl methyl sites for hydroxylation is 1. The van der Waals surface area contributed by atoms with Crippen molar-refractivity contribution in [1.29, 1.82) is 0 Å². The molecule has 0 bridgehead atoms. The number of carbonyl (C=O) groups is 1. The molecule has 0 aliphatic rings. The average Bonchev–Trinajstić information content (AvgIpc) is 2.79. The lowest BCUT2D eigenvalue weighted by Crippen LogP contribution is -2.18. The Kier molecular flexibility index (Phi) is 5.38. The highest BCUT2D eigenvalue weighted by Gasteiger charge is 2.13. The molecule has 1 N–H and O–H groups in total. The molecule has 0 aliphatic carbocycles. The summed E-state index contributed by atoms with van der Waals surface area (Å²) < 4.78 is 0. The van der Waals surface area contributed by atoms with Gasteiger partial charge in [-0.3, -0.25) is 9.78 Å². The number of hydrogen-bond acceptors (Lipinski definition) is 4. The van der Waals surface area contributed by atoms with Crippen LogP contribution in [0.1, 0.15) is 28.4 Å². The van der Waals surface area contributed by atoms with E-state index < -0.39 is 0 Å². The molecule has 0 radical (unpaired) electrons. The topological polar surface area (TPSA) is 67.2 Å². The SMILES string of the molecule is CCc1ccc(/C=N\NC(=O)c2cc(-c3ccncc3)nc3ccccc23)cc1. The van der Waals surface area contributed by atoms with Gasteiger partial charge in [-0.1, -0.05) is 49.4 Å². The van der Waals surface area contributed by atoms with Crippen LogP contribution in [0.25, 0.3) is 22.2 Å². The number of aromatic nitrogens is 2. The number of amides is 1. The molecule has 0 saturated heterocycles. The van der Waals surface area contributed by atoms with Crippen molar-refractivity contribution in [3.05, 3.63) is 95.8 Å². The Morgan fingerprint density at radius 3 is 2.55 bits per heavy atom. The summed E-state index contributed by atoms with van der Waals surface area (Å²) in [5.74, 6) is -0.277. The molecule has 4 aromatic rings. The summed E-state index contributed by atoms with van der Waals surface area (Å²) in [5.41, 5.74) is 7.73. The van der Waals surface area contributed by atoms with Gasteiger partial charge in [0.05, 0.1) is 23.0 Å². The van der Waals surface area contributed by atoms with Crippen LogP contribution in [0.3, 0.4) is 0 Å². The Morgan fingerprint density at radius 2 is 1.79 bits per heavy atom. The smallest absolute Gasteiger partial charge is 0.267 e. The number of nitrogens with one attached hydrogen (secondary N) is 1. The van der Waals surface area contributed by atoms with Crippen molar-refractivity contribution in [2.24, 2.45) is 5.10 Å². The molecule has 0 aliphatic heterocycles. The summed E-state index contributed by atoms with van der Waals surface area (Å²) >= 11 is 0. The maximum Gasteiger partial charge on any atom is 0.272 e. The van der Waals surface area contributed by atoms with Crippen LogP contribution >= 0.6 is 0 Å². The number of rotatable bonds is 5. The summed E-state index contributed by atoms with van der Waals surface area (Å²) in [6.07, 6.45) is 6.05. The standard InChI is InChI=1S/C24H20N4O/c1-2-17-7-9-18(10-8-17)16-26-28-24(29)21-15-23(19-11-13-25-14-12-19)27-22-6-4-3-5-20(21)22/h3-16H,2H2,1H3,(H,28,29)/b26-16-. The molecule has 0 atom stereocenters. The van der Waals surface area contributed by atoms with Gasteiger partial charge in [0.1, 0.15) is 0 Å². The average molecular weight is 380 g/mol. The van der Waals surface area contributed by atoms with Crippen molar-refractivity contribution in [1.82, 2.24) is 15.4 Å². The first-order chi connectivity index (χ1) is 14.2. The van der Waals surface area contributed by atoms with Crippen LogP contribution < -0.4 is 5.43 Å². The van der Waals surface area contributed by atoms with Gasteiger partial charge in [0.25, 0.3) is 5.91 Å². The molecule has 2 heterocycles. The highest BCUT2D eigenvalue weighted by molar-refractivity contribution is 6.07. The first kappa shape index (κ1) is 18.5. The maximum absolute atomic E-state index is 12.9. The summed E-state index contributed by atoms with van der Waals surface area (Å²) in [7, 11) is 0. The fourth-order valence-corrected chi connectivity index (χ4v) is 3.10. The minimum Gasteiger partial charge on any atom is -0.267 e. The number of nitrogens with zero attached hydrogens (tertiary/aromatic N) is 3. The van der Waals surface area contributed by atoms with Gasteiger partial charge in [-0.25, -0.2) is 10.4 Å². The number of hydrogen-bond donors (Lipinski definition) is 1. The Labute approximate surface area is 169 Å². The zero-order valence-corrected chi connectivity index (χ0v) is 16.0. The van der Waals surface area contributed by atoms with E-state index in [0.717, 1.165) is 34.1 Å². The highest BCUT2D eigenvalue weighted by Crippen LogP contribution is 2.24. The van der Waals surface area contributed by atoms with Crippen molar-refractivity contribution in [2.75, 3.05) is 0 Å². The number of hydrazone groups is 1. The summed E-state index contributed by atoms with van der Waals surface area (Å²) in [4.78, 5) is 21.6. The van der Waals surface area contributed by atoms with Gasteiger partial charge < -0.3 is 0 Å². The third kappa shape index (κ3) is 4.19. The van der Waals surface area contributed by atoms with E-state index in [9.17, 15) is 4.79 Å². The quantitative estimate of drug-likeness (QED) is 0.406. The van der Waals surface area contributed by atoms with E-state index in [-0.39, 0.29) is 5.91 Å². The highest BCUT2D eigenvalue weighted by atomic mass is 16.2. The molecule has 29 heavy (non-hydrogen) atoms. The first-order valence-electron chi connectivity index (χ1n) is 9.47. The van der Waals surface area contributed by atoms with E-state index >= 15 is 0 Å². The van der Waals surface area contributed by atoms with Crippen molar-refractivity contribution >= 4 is 23.0 Å². The van der Waals surface area contributed by atoms with Crippen LogP contribution in [0.5, 0.6) is 0 Å². The number of carbonyl (C=O) groups excluding carboxylic acids is 1. The maximum atomic E-state index is 12.9. The minimum absolute atomic E-state index is 0.277. The van der Waals surface area contributed by atoms with E-state index in [0.29, 0.717) is 5.56 Å². The van der Waals surface area contributed by atoms with Crippen LogP contribution in [0.15, 0.2) is 84.2 Å².